The Bertz CT molecular complexity index is 412. The van der Waals surface area contributed by atoms with Crippen LogP contribution in [-0.4, -0.2) is 12.7 Å². The van der Waals surface area contributed by atoms with Gasteiger partial charge in [-0.2, -0.15) is 0 Å². The Labute approximate surface area is 108 Å². The van der Waals surface area contributed by atoms with Gasteiger partial charge in [0.1, 0.15) is 5.82 Å². The fourth-order valence-electron chi connectivity index (χ4n) is 2.96. The van der Waals surface area contributed by atoms with E-state index in [1.165, 1.54) is 6.42 Å². The molecule has 1 unspecified atom stereocenters. The summed E-state index contributed by atoms with van der Waals surface area (Å²) in [5, 5.41) is 0. The predicted molar refractivity (Wildman–Crippen MR) is 71.0 cm³/mol. The molecule has 0 aliphatic heterocycles. The van der Waals surface area contributed by atoms with E-state index in [0.29, 0.717) is 12.0 Å². The summed E-state index contributed by atoms with van der Waals surface area (Å²) in [6.07, 6.45) is 3.94. The van der Waals surface area contributed by atoms with Gasteiger partial charge in [-0.3, -0.25) is 0 Å². The number of halogens is 1. The Morgan fingerprint density at radius 1 is 1.39 bits per heavy atom. The Balaban J connectivity index is 2.21. The lowest BCUT2D eigenvalue weighted by Gasteiger charge is -2.42. The Hall–Kier alpha value is -0.930. The minimum atomic E-state index is -0.286. The number of methoxy groups -OCH3 is 1. The molecule has 2 nitrogen and oxygen atoms in total. The lowest BCUT2D eigenvalue weighted by atomic mass is 9.74. The van der Waals surface area contributed by atoms with Crippen molar-refractivity contribution in [2.45, 2.75) is 51.2 Å². The van der Waals surface area contributed by atoms with Gasteiger partial charge in [-0.25, -0.2) is 4.39 Å². The van der Waals surface area contributed by atoms with Gasteiger partial charge in [-0.05, 0) is 56.7 Å². The van der Waals surface area contributed by atoms with E-state index in [1.54, 1.807) is 13.2 Å². The molecule has 18 heavy (non-hydrogen) atoms. The zero-order valence-corrected chi connectivity index (χ0v) is 11.4. The van der Waals surface area contributed by atoms with Crippen LogP contribution in [0.3, 0.4) is 0 Å². The van der Waals surface area contributed by atoms with E-state index in [2.05, 4.69) is 0 Å². The molecule has 1 fully saturated rings. The maximum Gasteiger partial charge on any atom is 0.128 e. The van der Waals surface area contributed by atoms with Crippen LogP contribution in [0.4, 0.5) is 4.39 Å². The first-order valence-corrected chi connectivity index (χ1v) is 6.55. The molecule has 1 aliphatic carbocycles. The van der Waals surface area contributed by atoms with E-state index in [1.807, 2.05) is 19.9 Å². The van der Waals surface area contributed by atoms with Crippen LogP contribution < -0.4 is 5.73 Å². The van der Waals surface area contributed by atoms with Crippen molar-refractivity contribution in [3.63, 3.8) is 0 Å². The molecule has 1 saturated carbocycles. The molecular formula is C15H22FNO. The van der Waals surface area contributed by atoms with Crippen molar-refractivity contribution in [2.75, 3.05) is 7.11 Å². The average molecular weight is 251 g/mol. The fourth-order valence-corrected chi connectivity index (χ4v) is 2.96. The largest absolute Gasteiger partial charge is 0.378 e. The van der Waals surface area contributed by atoms with Crippen LogP contribution in [0.5, 0.6) is 0 Å². The van der Waals surface area contributed by atoms with Crippen LogP contribution in [-0.2, 0) is 4.74 Å². The van der Waals surface area contributed by atoms with Crippen molar-refractivity contribution in [3.05, 3.63) is 34.6 Å². The van der Waals surface area contributed by atoms with E-state index >= 15 is 0 Å². The molecule has 0 amide bonds. The highest BCUT2D eigenvalue weighted by Crippen LogP contribution is 2.42. The molecule has 2 N–H and O–H groups in total. The van der Waals surface area contributed by atoms with E-state index in [9.17, 15) is 4.39 Å². The van der Waals surface area contributed by atoms with Crippen molar-refractivity contribution < 1.29 is 9.13 Å². The molecule has 0 bridgehead atoms. The molecule has 100 valence electrons. The van der Waals surface area contributed by atoms with Gasteiger partial charge in [0, 0.05) is 18.7 Å². The van der Waals surface area contributed by atoms with E-state index < -0.39 is 0 Å². The van der Waals surface area contributed by atoms with Crippen molar-refractivity contribution in [1.29, 1.82) is 0 Å². The van der Waals surface area contributed by atoms with Gasteiger partial charge >= 0.3 is 0 Å². The number of rotatable bonds is 4. The van der Waals surface area contributed by atoms with Gasteiger partial charge < -0.3 is 10.5 Å². The maximum atomic E-state index is 14.0. The molecule has 0 heterocycles. The van der Waals surface area contributed by atoms with E-state index in [4.69, 9.17) is 10.5 Å². The minimum absolute atomic E-state index is 0.122. The quantitative estimate of drug-likeness (QED) is 0.890. The highest BCUT2D eigenvalue weighted by atomic mass is 19.1. The first kappa shape index (κ1) is 13.5. The molecule has 0 aromatic heterocycles. The number of ether oxygens (including phenoxy) is 1. The molecule has 1 aromatic carbocycles. The summed E-state index contributed by atoms with van der Waals surface area (Å²) >= 11 is 0. The number of aryl methyl sites for hydroxylation is 2. The normalized spacial score (nSPS) is 19.4. The second-order valence-corrected chi connectivity index (χ2v) is 5.53. The van der Waals surface area contributed by atoms with Gasteiger partial charge in [0.05, 0.1) is 5.60 Å². The second kappa shape index (κ2) is 4.98. The number of benzene rings is 1. The minimum Gasteiger partial charge on any atom is -0.378 e. The molecule has 0 saturated heterocycles. The predicted octanol–water partition coefficient (Wildman–Crippen LogP) is 3.40. The van der Waals surface area contributed by atoms with Gasteiger partial charge in [0.2, 0.25) is 0 Å². The van der Waals surface area contributed by atoms with Crippen molar-refractivity contribution in [2.24, 2.45) is 5.73 Å². The maximum absolute atomic E-state index is 14.0. The van der Waals surface area contributed by atoms with Crippen LogP contribution in [0.2, 0.25) is 0 Å². The summed E-state index contributed by atoms with van der Waals surface area (Å²) < 4.78 is 19.6. The lowest BCUT2D eigenvalue weighted by Crippen LogP contribution is -2.42. The van der Waals surface area contributed by atoms with Gasteiger partial charge in [0.25, 0.3) is 0 Å². The van der Waals surface area contributed by atoms with Crippen LogP contribution in [0.25, 0.3) is 0 Å². The third-order valence-corrected chi connectivity index (χ3v) is 4.14. The third kappa shape index (κ3) is 2.43. The van der Waals surface area contributed by atoms with Crippen molar-refractivity contribution in [1.82, 2.24) is 0 Å². The zero-order valence-electron chi connectivity index (χ0n) is 11.4. The van der Waals surface area contributed by atoms with Crippen LogP contribution >= 0.6 is 0 Å². The Morgan fingerprint density at radius 3 is 2.50 bits per heavy atom. The lowest BCUT2D eigenvalue weighted by molar-refractivity contribution is -0.0818. The molecular weight excluding hydrogens is 229 g/mol. The number of nitrogens with two attached hydrogens (primary N) is 1. The van der Waals surface area contributed by atoms with Crippen LogP contribution in [0.15, 0.2) is 12.1 Å². The summed E-state index contributed by atoms with van der Waals surface area (Å²) in [4.78, 5) is 0. The zero-order chi connectivity index (χ0) is 13.3. The summed E-state index contributed by atoms with van der Waals surface area (Å²) in [5.41, 5.74) is 8.59. The number of hydrogen-bond donors (Lipinski definition) is 1. The van der Waals surface area contributed by atoms with Gasteiger partial charge in [-0.1, -0.05) is 6.07 Å². The Kier molecular flexibility index (Phi) is 3.74. The van der Waals surface area contributed by atoms with Crippen molar-refractivity contribution in [3.8, 4) is 0 Å². The molecule has 1 aliphatic rings. The van der Waals surface area contributed by atoms with Crippen LogP contribution in [0, 0.1) is 19.7 Å². The Morgan fingerprint density at radius 2 is 2.06 bits per heavy atom. The SMILES string of the molecule is COC1(CC(N)c2c(C)cc(C)cc2F)CCC1. The smallest absolute Gasteiger partial charge is 0.128 e. The highest BCUT2D eigenvalue weighted by Gasteiger charge is 2.39. The summed E-state index contributed by atoms with van der Waals surface area (Å²) in [5.74, 6) is -0.189. The monoisotopic (exact) mass is 251 g/mol. The molecule has 1 atom stereocenters. The molecule has 0 radical (unpaired) electrons. The summed E-state index contributed by atoms with van der Waals surface area (Å²) in [6.45, 7) is 3.82. The first-order chi connectivity index (χ1) is 8.47. The third-order valence-electron chi connectivity index (χ3n) is 4.14. The fraction of sp³-hybridized carbons (Fsp3) is 0.600. The summed E-state index contributed by atoms with van der Waals surface area (Å²) in [6, 6.07) is 3.26. The average Bonchev–Trinajstić information content (AvgIpc) is 2.21. The van der Waals surface area contributed by atoms with E-state index in [0.717, 1.165) is 24.0 Å². The molecule has 0 spiro atoms. The topological polar surface area (TPSA) is 35.2 Å². The molecule has 3 heteroatoms. The molecule has 2 rings (SSSR count). The van der Waals surface area contributed by atoms with Gasteiger partial charge in [-0.15, -0.1) is 0 Å². The summed E-state index contributed by atoms with van der Waals surface area (Å²) in [7, 11) is 1.73. The molecule has 1 aromatic rings. The van der Waals surface area contributed by atoms with Crippen LogP contribution in [0.1, 0.15) is 48.4 Å². The highest BCUT2D eigenvalue weighted by molar-refractivity contribution is 5.34. The standard InChI is InChI=1S/C15H22FNO/c1-10-7-11(2)14(12(16)8-10)13(17)9-15(18-3)5-4-6-15/h7-8,13H,4-6,9,17H2,1-3H3. The second-order valence-electron chi connectivity index (χ2n) is 5.53. The van der Waals surface area contributed by atoms with E-state index in [-0.39, 0.29) is 17.5 Å². The first-order valence-electron chi connectivity index (χ1n) is 6.55. The van der Waals surface area contributed by atoms with Gasteiger partial charge in [0.15, 0.2) is 0 Å². The number of hydrogen-bond acceptors (Lipinski definition) is 2. The van der Waals surface area contributed by atoms with Crippen molar-refractivity contribution >= 4 is 0 Å².